The van der Waals surface area contributed by atoms with E-state index in [9.17, 15) is 24.0 Å². The van der Waals surface area contributed by atoms with E-state index in [2.05, 4.69) is 63.6 Å². The van der Waals surface area contributed by atoms with Gasteiger partial charge in [-0.2, -0.15) is 9.20 Å². The minimum Gasteiger partial charge on any atom is -0.478 e. The molecule has 4 aromatic rings. The zero-order valence-electron chi connectivity index (χ0n) is 32.2. The van der Waals surface area contributed by atoms with Gasteiger partial charge in [0.2, 0.25) is 12.7 Å². The summed E-state index contributed by atoms with van der Waals surface area (Å²) in [4.78, 5) is 59.5. The standard InChI is InChI=1S/C36H45N5O7.C4H4O4/c1-35(2,3)32(42)46-25-47-33(43)36(4,5)41-34(44)40-29(37-41)17-18-30(38-40)45-24-12-21-39-22-19-28(20-23-39)48-31(26-13-8-6-9-14-26)27-15-10-7-11-16-27;5-3(6)1-2-4(7)8/h6-11,13-18,28,31H,12,19-25H2,1-5H3;1-2H,(H,5,6)(H,7,8)/b;2-1+. The minimum atomic E-state index is -1.48. The average Bonchev–Trinajstić information content (AvgIpc) is 3.51. The van der Waals surface area contributed by atoms with Gasteiger partial charge in [0.1, 0.15) is 6.10 Å². The first-order valence-corrected chi connectivity index (χ1v) is 18.1. The number of ether oxygens (including phenoxy) is 4. The van der Waals surface area contributed by atoms with Crippen LogP contribution in [0.1, 0.15) is 71.1 Å². The molecule has 0 saturated carbocycles. The van der Waals surface area contributed by atoms with Gasteiger partial charge in [0.25, 0.3) is 0 Å². The van der Waals surface area contributed by atoms with Crippen molar-refractivity contribution in [2.75, 3.05) is 33.0 Å². The van der Waals surface area contributed by atoms with Crippen LogP contribution in [0, 0.1) is 5.41 Å². The molecule has 0 spiro atoms. The third-order valence-corrected chi connectivity index (χ3v) is 8.68. The van der Waals surface area contributed by atoms with Crippen LogP contribution in [0.5, 0.6) is 5.88 Å². The van der Waals surface area contributed by atoms with Crippen LogP contribution in [-0.2, 0) is 38.9 Å². The summed E-state index contributed by atoms with van der Waals surface area (Å²) < 4.78 is 24.8. The maximum atomic E-state index is 13.2. The molecule has 2 aromatic carbocycles. The number of carbonyl (C=O) groups is 4. The molecule has 0 amide bonds. The fraction of sp³-hybridized carbons (Fsp3) is 0.425. The van der Waals surface area contributed by atoms with Crippen molar-refractivity contribution in [1.82, 2.24) is 24.3 Å². The second-order valence-electron chi connectivity index (χ2n) is 14.5. The smallest absolute Gasteiger partial charge is 0.368 e. The van der Waals surface area contributed by atoms with Gasteiger partial charge < -0.3 is 34.1 Å². The van der Waals surface area contributed by atoms with Crippen LogP contribution in [0.3, 0.4) is 0 Å². The molecular weight excluding hydrogens is 726 g/mol. The Morgan fingerprint density at radius 3 is 1.89 bits per heavy atom. The largest absolute Gasteiger partial charge is 0.478 e. The number of carbonyl (C=O) groups excluding carboxylic acids is 2. The van der Waals surface area contributed by atoms with Crippen molar-refractivity contribution in [3.8, 4) is 5.88 Å². The zero-order chi connectivity index (χ0) is 40.9. The number of fused-ring (bicyclic) bond motifs is 1. The Labute approximate surface area is 324 Å². The number of hydrogen-bond donors (Lipinski definition) is 2. The Morgan fingerprint density at radius 2 is 1.36 bits per heavy atom. The molecule has 2 aromatic heterocycles. The topological polar surface area (TPSA) is 201 Å². The highest BCUT2D eigenvalue weighted by Crippen LogP contribution is 2.30. The molecule has 56 heavy (non-hydrogen) atoms. The molecule has 2 N–H and O–H groups in total. The SMILES string of the molecule is CC(C)(C)C(=O)OCOC(=O)C(C)(C)n1nc2ccc(OCCCN3CCC(OC(c4ccccc4)c4ccccc4)CC3)nn2c1=O.O=C(O)/C=C/C(=O)O. The second-order valence-corrected chi connectivity index (χ2v) is 14.5. The number of aliphatic carboxylic acids is 2. The monoisotopic (exact) mass is 775 g/mol. The second kappa shape index (κ2) is 19.6. The van der Waals surface area contributed by atoms with E-state index in [1.165, 1.54) is 13.8 Å². The lowest BCUT2D eigenvalue weighted by Gasteiger charge is -2.34. The van der Waals surface area contributed by atoms with Crippen molar-refractivity contribution in [3.05, 3.63) is 107 Å². The van der Waals surface area contributed by atoms with Crippen molar-refractivity contribution in [3.63, 3.8) is 0 Å². The molecule has 16 nitrogen and oxygen atoms in total. The van der Waals surface area contributed by atoms with Gasteiger partial charge in [-0.05, 0) is 71.1 Å². The minimum absolute atomic E-state index is 0.0911. The lowest BCUT2D eigenvalue weighted by molar-refractivity contribution is -0.178. The summed E-state index contributed by atoms with van der Waals surface area (Å²) >= 11 is 0. The third-order valence-electron chi connectivity index (χ3n) is 8.68. The number of benzene rings is 2. The van der Waals surface area contributed by atoms with Gasteiger partial charge in [-0.1, -0.05) is 60.7 Å². The van der Waals surface area contributed by atoms with Crippen LogP contribution in [0.25, 0.3) is 5.65 Å². The Bertz CT molecular complexity index is 1960. The molecule has 0 aliphatic carbocycles. The van der Waals surface area contributed by atoms with Crippen LogP contribution in [0.2, 0.25) is 0 Å². The Balaban J connectivity index is 0.000000784. The lowest BCUT2D eigenvalue weighted by atomic mass is 9.98. The van der Waals surface area contributed by atoms with E-state index in [0.29, 0.717) is 18.8 Å². The van der Waals surface area contributed by atoms with Crippen molar-refractivity contribution in [1.29, 1.82) is 0 Å². The van der Waals surface area contributed by atoms with E-state index in [-0.39, 0.29) is 23.7 Å². The quantitative estimate of drug-likeness (QED) is 0.0742. The fourth-order valence-electron chi connectivity index (χ4n) is 5.58. The molecule has 3 heterocycles. The van der Waals surface area contributed by atoms with Crippen LogP contribution in [-0.4, -0.2) is 97.5 Å². The van der Waals surface area contributed by atoms with Crippen molar-refractivity contribution < 1.29 is 48.3 Å². The summed E-state index contributed by atoms with van der Waals surface area (Å²) in [6, 6.07) is 24.0. The van der Waals surface area contributed by atoms with E-state index in [4.69, 9.17) is 29.2 Å². The Morgan fingerprint density at radius 1 is 0.804 bits per heavy atom. The number of piperidine rings is 1. The first-order chi connectivity index (χ1) is 26.6. The highest BCUT2D eigenvalue weighted by molar-refractivity contribution is 5.89. The van der Waals surface area contributed by atoms with E-state index in [1.807, 2.05) is 12.1 Å². The van der Waals surface area contributed by atoms with Gasteiger partial charge in [-0.3, -0.25) is 4.79 Å². The number of rotatable bonds is 15. The van der Waals surface area contributed by atoms with Crippen molar-refractivity contribution >= 4 is 29.5 Å². The molecule has 1 aliphatic heterocycles. The van der Waals surface area contributed by atoms with Gasteiger partial charge in [0.05, 0.1) is 18.1 Å². The predicted molar refractivity (Wildman–Crippen MR) is 203 cm³/mol. The van der Waals surface area contributed by atoms with Gasteiger partial charge in [-0.25, -0.2) is 19.2 Å². The van der Waals surface area contributed by atoms with Crippen LogP contribution < -0.4 is 10.4 Å². The van der Waals surface area contributed by atoms with Crippen molar-refractivity contribution in [2.45, 2.75) is 71.6 Å². The number of likely N-dealkylation sites (tertiary alicyclic amines) is 1. The lowest BCUT2D eigenvalue weighted by Crippen LogP contribution is -2.44. The molecule has 300 valence electrons. The molecule has 0 bridgehead atoms. The Hall–Kier alpha value is -5.87. The summed E-state index contributed by atoms with van der Waals surface area (Å²) in [7, 11) is 0. The molecule has 0 atom stereocenters. The van der Waals surface area contributed by atoms with E-state index in [1.54, 1.807) is 32.9 Å². The number of aromatic nitrogens is 4. The van der Waals surface area contributed by atoms with Gasteiger partial charge in [-0.15, -0.1) is 10.2 Å². The molecule has 16 heteroatoms. The first kappa shape index (κ1) is 42.9. The molecule has 0 unspecified atom stereocenters. The van der Waals surface area contributed by atoms with Gasteiger partial charge >= 0.3 is 29.6 Å². The van der Waals surface area contributed by atoms with Crippen molar-refractivity contribution in [2.24, 2.45) is 5.41 Å². The summed E-state index contributed by atoms with van der Waals surface area (Å²) in [5.74, 6) is -3.53. The fourth-order valence-corrected chi connectivity index (χ4v) is 5.58. The van der Waals surface area contributed by atoms with Crippen LogP contribution in [0.15, 0.2) is 89.7 Å². The number of esters is 2. The Kier molecular flexibility index (Phi) is 15.0. The highest BCUT2D eigenvalue weighted by atomic mass is 16.7. The van der Waals surface area contributed by atoms with Gasteiger partial charge in [0, 0.05) is 37.9 Å². The maximum Gasteiger partial charge on any atom is 0.368 e. The first-order valence-electron chi connectivity index (χ1n) is 18.1. The maximum absolute atomic E-state index is 13.2. The summed E-state index contributed by atoms with van der Waals surface area (Å²) in [5.41, 5.74) is -0.286. The molecule has 0 radical (unpaired) electrons. The highest BCUT2D eigenvalue weighted by Gasteiger charge is 2.36. The molecule has 1 aliphatic rings. The molecule has 1 fully saturated rings. The van der Waals surface area contributed by atoms with Gasteiger partial charge in [0.15, 0.2) is 11.2 Å². The molecule has 1 saturated heterocycles. The number of carboxylic acid groups (broad SMARTS) is 2. The third kappa shape index (κ3) is 12.3. The van der Waals surface area contributed by atoms with E-state index < -0.39 is 47.3 Å². The summed E-state index contributed by atoms with van der Waals surface area (Å²) in [6.45, 7) is 10.7. The molecule has 5 rings (SSSR count). The number of nitrogens with zero attached hydrogens (tertiary/aromatic N) is 5. The van der Waals surface area contributed by atoms with E-state index >= 15 is 0 Å². The predicted octanol–water partition coefficient (Wildman–Crippen LogP) is 4.47. The number of hydrogen-bond acceptors (Lipinski definition) is 12. The van der Waals surface area contributed by atoms with Crippen LogP contribution >= 0.6 is 0 Å². The van der Waals surface area contributed by atoms with Crippen LogP contribution in [0.4, 0.5) is 0 Å². The number of carboxylic acids is 2. The summed E-state index contributed by atoms with van der Waals surface area (Å²) in [5, 5.41) is 24.2. The average molecular weight is 776 g/mol. The zero-order valence-corrected chi connectivity index (χ0v) is 32.2. The van der Waals surface area contributed by atoms with E-state index in [0.717, 1.165) is 59.2 Å². The normalized spacial score (nSPS) is 14.0. The summed E-state index contributed by atoms with van der Waals surface area (Å²) in [6.07, 6.45) is 3.89. The molecular formula is C40H49N5O11.